The van der Waals surface area contributed by atoms with Gasteiger partial charge in [-0.15, -0.1) is 10.2 Å². The number of hydrogen-bond acceptors (Lipinski definition) is 3. The first-order chi connectivity index (χ1) is 10.3. The van der Waals surface area contributed by atoms with Crippen LogP contribution in [0.4, 0.5) is 0 Å². The molecule has 1 aromatic carbocycles. The average molecular weight is 318 g/mol. The predicted octanol–water partition coefficient (Wildman–Crippen LogP) is 4.82. The summed E-state index contributed by atoms with van der Waals surface area (Å²) in [7, 11) is 0. The fraction of sp³-hybridized carbons (Fsp3) is 0.412. The van der Waals surface area contributed by atoms with E-state index in [2.05, 4.69) is 44.0 Å². The zero-order chi connectivity index (χ0) is 16.1. The van der Waals surface area contributed by atoms with Crippen molar-refractivity contribution in [3.05, 3.63) is 40.6 Å². The normalized spacial score (nSPS) is 19.7. The molecule has 0 spiro atoms. The Morgan fingerprint density at radius 2 is 1.91 bits per heavy atom. The summed E-state index contributed by atoms with van der Waals surface area (Å²) in [5, 5.41) is 20.3. The molecule has 1 heterocycles. The molecule has 0 saturated carbocycles. The first-order valence-electron chi connectivity index (χ1n) is 7.43. The Morgan fingerprint density at radius 1 is 1.23 bits per heavy atom. The maximum Gasteiger partial charge on any atom is 0.142 e. The lowest BCUT2D eigenvalue weighted by Crippen LogP contribution is -2.20. The van der Waals surface area contributed by atoms with Crippen molar-refractivity contribution in [2.45, 2.75) is 34.1 Å². The van der Waals surface area contributed by atoms with Gasteiger partial charge in [0.25, 0.3) is 0 Å². The van der Waals surface area contributed by atoms with E-state index >= 15 is 0 Å². The van der Waals surface area contributed by atoms with E-state index in [1.54, 1.807) is 16.9 Å². The minimum absolute atomic E-state index is 0.125. The van der Waals surface area contributed by atoms with E-state index in [0.717, 1.165) is 22.3 Å². The first kappa shape index (κ1) is 15.1. The molecule has 1 unspecified atom stereocenters. The quantitative estimate of drug-likeness (QED) is 0.820. The van der Waals surface area contributed by atoms with Crippen LogP contribution in [0.2, 0.25) is 5.02 Å². The lowest BCUT2D eigenvalue weighted by atomic mass is 9.79. The maximum atomic E-state index is 10.7. The largest absolute Gasteiger partial charge is 0.506 e. The van der Waals surface area contributed by atoms with E-state index in [9.17, 15) is 5.11 Å². The van der Waals surface area contributed by atoms with Gasteiger partial charge in [0.15, 0.2) is 0 Å². The van der Waals surface area contributed by atoms with E-state index in [1.165, 1.54) is 0 Å². The van der Waals surface area contributed by atoms with E-state index < -0.39 is 0 Å². The molecular formula is C17H20ClN3O. The average Bonchev–Trinajstić information content (AvgIpc) is 2.82. The second kappa shape index (κ2) is 5.13. The monoisotopic (exact) mass is 317 g/mol. The van der Waals surface area contributed by atoms with Crippen LogP contribution in [0.1, 0.15) is 34.1 Å². The minimum atomic E-state index is -0.125. The highest BCUT2D eigenvalue weighted by molar-refractivity contribution is 6.31. The molecule has 3 rings (SSSR count). The second-order valence-corrected chi connectivity index (χ2v) is 7.37. The first-order valence-corrected chi connectivity index (χ1v) is 7.81. The Bertz CT molecular complexity index is 796. The summed E-state index contributed by atoms with van der Waals surface area (Å²) in [6, 6.07) is 5.41. The number of benzene rings is 1. The number of allylic oxidation sites excluding steroid dienone is 3. The van der Waals surface area contributed by atoms with Gasteiger partial charge in [0.1, 0.15) is 22.5 Å². The van der Waals surface area contributed by atoms with Crippen LogP contribution >= 0.6 is 11.6 Å². The minimum Gasteiger partial charge on any atom is -0.506 e. The van der Waals surface area contributed by atoms with Crippen molar-refractivity contribution in [2.24, 2.45) is 11.3 Å². The highest BCUT2D eigenvalue weighted by atomic mass is 35.5. The summed E-state index contributed by atoms with van der Waals surface area (Å²) in [4.78, 5) is 1.55. The number of aliphatic hydroxyl groups excluding tert-OH is 1. The third-order valence-electron chi connectivity index (χ3n) is 3.89. The van der Waals surface area contributed by atoms with Crippen molar-refractivity contribution in [3.63, 3.8) is 0 Å². The second-order valence-electron chi connectivity index (χ2n) is 6.93. The number of aliphatic hydroxyl groups is 1. The Balaban J connectivity index is 2.13. The van der Waals surface area contributed by atoms with Crippen LogP contribution in [0.5, 0.6) is 0 Å². The van der Waals surface area contributed by atoms with Gasteiger partial charge in [-0.1, -0.05) is 45.4 Å². The number of nitrogens with zero attached hydrogens (tertiary/aromatic N) is 3. The summed E-state index contributed by atoms with van der Waals surface area (Å²) < 4.78 is 0. The van der Waals surface area contributed by atoms with Crippen LogP contribution in [0.25, 0.3) is 16.7 Å². The van der Waals surface area contributed by atoms with Crippen LogP contribution in [0, 0.1) is 11.3 Å². The van der Waals surface area contributed by atoms with Crippen molar-refractivity contribution in [1.29, 1.82) is 0 Å². The van der Waals surface area contributed by atoms with Crippen molar-refractivity contribution in [2.75, 3.05) is 0 Å². The van der Waals surface area contributed by atoms with Crippen molar-refractivity contribution >= 4 is 28.3 Å². The van der Waals surface area contributed by atoms with Crippen molar-refractivity contribution in [3.8, 4) is 0 Å². The Labute approximate surface area is 135 Å². The van der Waals surface area contributed by atoms with E-state index in [1.807, 2.05) is 6.07 Å². The number of rotatable bonds is 1. The molecule has 116 valence electrons. The lowest BCUT2D eigenvalue weighted by Gasteiger charge is -2.29. The summed E-state index contributed by atoms with van der Waals surface area (Å²) in [5.41, 5.74) is 3.06. The van der Waals surface area contributed by atoms with Crippen LogP contribution in [0.3, 0.4) is 0 Å². The van der Waals surface area contributed by atoms with Gasteiger partial charge in [0.05, 0.1) is 0 Å². The SMILES string of the molecule is CC1C=C(C(C)(C)C)C(O)=C(n2nc3ccc(Cl)cc3n2)C1. The summed E-state index contributed by atoms with van der Waals surface area (Å²) in [5.74, 6) is 0.620. The summed E-state index contributed by atoms with van der Waals surface area (Å²) in [6.07, 6.45) is 2.85. The molecule has 1 aliphatic carbocycles. The third kappa shape index (κ3) is 2.63. The molecule has 1 aliphatic rings. The molecule has 0 aliphatic heterocycles. The fourth-order valence-electron chi connectivity index (χ4n) is 2.77. The summed E-state index contributed by atoms with van der Waals surface area (Å²) in [6.45, 7) is 8.42. The van der Waals surface area contributed by atoms with Gasteiger partial charge in [0.2, 0.25) is 0 Å². The standard InChI is InChI=1S/C17H20ClN3O/c1-10-7-12(17(2,3)4)16(22)15(8-10)21-19-13-6-5-11(18)9-14(13)20-21/h5-7,9-10,22H,8H2,1-4H3. The third-order valence-corrected chi connectivity index (χ3v) is 4.12. The molecule has 0 bridgehead atoms. The Hall–Kier alpha value is -1.81. The van der Waals surface area contributed by atoms with E-state index in [4.69, 9.17) is 11.6 Å². The molecule has 22 heavy (non-hydrogen) atoms. The number of aromatic nitrogens is 3. The molecule has 2 aromatic rings. The van der Waals surface area contributed by atoms with Gasteiger partial charge in [-0.2, -0.15) is 4.80 Å². The number of fused-ring (bicyclic) bond motifs is 1. The van der Waals surface area contributed by atoms with Crippen LogP contribution < -0.4 is 0 Å². The van der Waals surface area contributed by atoms with Crippen LogP contribution in [0.15, 0.2) is 35.6 Å². The van der Waals surface area contributed by atoms with E-state index in [0.29, 0.717) is 17.4 Å². The molecule has 0 amide bonds. The molecule has 1 atom stereocenters. The zero-order valence-electron chi connectivity index (χ0n) is 13.3. The Kier molecular flexibility index (Phi) is 3.52. The Morgan fingerprint density at radius 3 is 2.59 bits per heavy atom. The van der Waals surface area contributed by atoms with Gasteiger partial charge in [-0.3, -0.25) is 0 Å². The molecule has 0 saturated heterocycles. The molecule has 5 heteroatoms. The molecule has 1 aromatic heterocycles. The molecular weight excluding hydrogens is 298 g/mol. The van der Waals surface area contributed by atoms with Crippen molar-refractivity contribution in [1.82, 2.24) is 15.0 Å². The van der Waals surface area contributed by atoms with E-state index in [-0.39, 0.29) is 11.2 Å². The predicted molar refractivity (Wildman–Crippen MR) is 89.7 cm³/mol. The molecule has 0 fully saturated rings. The van der Waals surface area contributed by atoms with Crippen LogP contribution in [-0.4, -0.2) is 20.1 Å². The fourth-order valence-corrected chi connectivity index (χ4v) is 2.94. The summed E-state index contributed by atoms with van der Waals surface area (Å²) >= 11 is 6.00. The van der Waals surface area contributed by atoms with Gasteiger partial charge >= 0.3 is 0 Å². The highest BCUT2D eigenvalue weighted by Crippen LogP contribution is 2.39. The highest BCUT2D eigenvalue weighted by Gasteiger charge is 2.29. The maximum absolute atomic E-state index is 10.7. The molecule has 1 N–H and O–H groups in total. The van der Waals surface area contributed by atoms with Gasteiger partial charge < -0.3 is 5.11 Å². The van der Waals surface area contributed by atoms with Gasteiger partial charge in [-0.25, -0.2) is 0 Å². The topological polar surface area (TPSA) is 50.9 Å². The van der Waals surface area contributed by atoms with Crippen molar-refractivity contribution < 1.29 is 5.11 Å². The van der Waals surface area contributed by atoms with Crippen LogP contribution in [-0.2, 0) is 0 Å². The zero-order valence-corrected chi connectivity index (χ0v) is 14.0. The number of hydrogen-bond donors (Lipinski definition) is 1. The van der Waals surface area contributed by atoms with Gasteiger partial charge in [0, 0.05) is 11.4 Å². The van der Waals surface area contributed by atoms with Gasteiger partial charge in [-0.05, 0) is 35.1 Å². The molecule has 0 radical (unpaired) electrons. The number of halogens is 1. The lowest BCUT2D eigenvalue weighted by molar-refractivity contribution is 0.364. The molecule has 4 nitrogen and oxygen atoms in total. The smallest absolute Gasteiger partial charge is 0.142 e.